The number of para-hydroxylation sites is 1. The number of aromatic amines is 1. The number of nitro groups is 1. The molecule has 0 saturated carbocycles. The molecule has 28 heavy (non-hydrogen) atoms. The zero-order valence-electron chi connectivity index (χ0n) is 15.0. The third-order valence-electron chi connectivity index (χ3n) is 4.00. The van der Waals surface area contributed by atoms with Crippen LogP contribution in [0.2, 0.25) is 0 Å². The Morgan fingerprint density at radius 3 is 2.61 bits per heavy atom. The lowest BCUT2D eigenvalue weighted by atomic mass is 10.1. The summed E-state index contributed by atoms with van der Waals surface area (Å²) in [6.07, 6.45) is 0. The fraction of sp³-hybridized carbons (Fsp3) is 0.0526. The first kappa shape index (κ1) is 18.6. The molecule has 3 rings (SSSR count). The summed E-state index contributed by atoms with van der Waals surface area (Å²) < 4.78 is 0. The summed E-state index contributed by atoms with van der Waals surface area (Å²) in [5.74, 6) is -0.161. The van der Waals surface area contributed by atoms with Crippen molar-refractivity contribution in [2.24, 2.45) is 10.8 Å². The number of fused-ring (bicyclic) bond motifs is 1. The molecular formula is C19H18N6O3. The molecule has 2 aromatic carbocycles. The normalized spacial score (nSPS) is 11.2. The Bertz CT molecular complexity index is 1100. The van der Waals surface area contributed by atoms with E-state index in [1.54, 1.807) is 49.4 Å². The van der Waals surface area contributed by atoms with Crippen molar-refractivity contribution in [1.29, 1.82) is 0 Å². The third kappa shape index (κ3) is 3.98. The van der Waals surface area contributed by atoms with Gasteiger partial charge < -0.3 is 16.0 Å². The van der Waals surface area contributed by atoms with Gasteiger partial charge in [0.05, 0.1) is 10.6 Å². The zero-order chi connectivity index (χ0) is 20.3. The first-order valence-electron chi connectivity index (χ1n) is 8.28. The number of nitrogens with zero attached hydrogens (tertiary/aromatic N) is 2. The molecule has 0 aliphatic rings. The van der Waals surface area contributed by atoms with Gasteiger partial charge in [-0.2, -0.15) is 5.10 Å². The summed E-state index contributed by atoms with van der Waals surface area (Å²) in [6.45, 7) is 5.31. The van der Waals surface area contributed by atoms with Gasteiger partial charge in [-0.25, -0.2) is 0 Å². The number of nitrogens with one attached hydrogen (secondary N) is 3. The molecule has 0 radical (unpaired) electrons. The molecule has 0 saturated heterocycles. The standard InChI is InChI=1S/C19H18N6O3/c1-11(23-24-12(2)20)13-6-8-15(9-7-13)21-19(26)16-10-14-4-3-5-17(25(27)28)18(14)22-16/h3-10,22,24H,2,20H2,1H3,(H,21,26)/b23-11-. The number of amides is 1. The number of aromatic nitrogens is 1. The minimum Gasteiger partial charge on any atom is -0.385 e. The molecule has 0 bridgehead atoms. The van der Waals surface area contributed by atoms with Crippen LogP contribution in [0.15, 0.2) is 66.0 Å². The summed E-state index contributed by atoms with van der Waals surface area (Å²) >= 11 is 0. The van der Waals surface area contributed by atoms with Crippen molar-refractivity contribution in [3.8, 4) is 0 Å². The van der Waals surface area contributed by atoms with Crippen molar-refractivity contribution in [3.63, 3.8) is 0 Å². The number of nitro benzene ring substituents is 1. The molecular weight excluding hydrogens is 360 g/mol. The lowest BCUT2D eigenvalue weighted by Crippen LogP contribution is -2.15. The monoisotopic (exact) mass is 378 g/mol. The molecule has 1 amide bonds. The quantitative estimate of drug-likeness (QED) is 0.297. The van der Waals surface area contributed by atoms with E-state index in [-0.39, 0.29) is 17.2 Å². The predicted molar refractivity (Wildman–Crippen MR) is 108 cm³/mol. The highest BCUT2D eigenvalue weighted by Gasteiger charge is 2.17. The van der Waals surface area contributed by atoms with Gasteiger partial charge in [0.1, 0.15) is 17.0 Å². The topological polar surface area (TPSA) is 138 Å². The van der Waals surface area contributed by atoms with Crippen LogP contribution in [-0.4, -0.2) is 21.5 Å². The second-order valence-electron chi connectivity index (χ2n) is 6.05. The molecule has 1 heterocycles. The number of non-ortho nitro benzene ring substituents is 1. The molecule has 5 N–H and O–H groups in total. The van der Waals surface area contributed by atoms with Gasteiger partial charge in [-0.1, -0.05) is 30.8 Å². The van der Waals surface area contributed by atoms with Crippen molar-refractivity contribution in [2.75, 3.05) is 5.32 Å². The van der Waals surface area contributed by atoms with E-state index >= 15 is 0 Å². The van der Waals surface area contributed by atoms with E-state index in [4.69, 9.17) is 5.73 Å². The molecule has 0 fully saturated rings. The number of rotatable bonds is 6. The highest BCUT2D eigenvalue weighted by Crippen LogP contribution is 2.25. The molecule has 0 aliphatic heterocycles. The van der Waals surface area contributed by atoms with E-state index in [1.165, 1.54) is 6.07 Å². The maximum Gasteiger partial charge on any atom is 0.293 e. The van der Waals surface area contributed by atoms with Crippen molar-refractivity contribution in [2.45, 2.75) is 6.92 Å². The van der Waals surface area contributed by atoms with Crippen LogP contribution in [-0.2, 0) is 0 Å². The van der Waals surface area contributed by atoms with Crippen LogP contribution in [0.5, 0.6) is 0 Å². The molecule has 3 aromatic rings. The largest absolute Gasteiger partial charge is 0.385 e. The van der Waals surface area contributed by atoms with E-state index in [9.17, 15) is 14.9 Å². The van der Waals surface area contributed by atoms with Crippen molar-refractivity contribution < 1.29 is 9.72 Å². The van der Waals surface area contributed by atoms with Gasteiger partial charge in [0, 0.05) is 17.1 Å². The molecule has 1 aromatic heterocycles. The highest BCUT2D eigenvalue weighted by molar-refractivity contribution is 6.07. The maximum atomic E-state index is 12.5. The second kappa shape index (κ2) is 7.62. The smallest absolute Gasteiger partial charge is 0.293 e. The number of carbonyl (C=O) groups is 1. The maximum absolute atomic E-state index is 12.5. The van der Waals surface area contributed by atoms with Gasteiger partial charge in [0.25, 0.3) is 11.6 Å². The van der Waals surface area contributed by atoms with Gasteiger partial charge in [0.15, 0.2) is 0 Å². The van der Waals surface area contributed by atoms with Crippen LogP contribution < -0.4 is 16.5 Å². The zero-order valence-corrected chi connectivity index (χ0v) is 15.0. The SMILES string of the molecule is C=C(N)N/N=C(/C)c1ccc(NC(=O)c2cc3cccc([N+](=O)[O-])c3[nH]2)cc1. The van der Waals surface area contributed by atoms with Gasteiger partial charge >= 0.3 is 0 Å². The predicted octanol–water partition coefficient (Wildman–Crippen LogP) is 3.07. The van der Waals surface area contributed by atoms with Crippen molar-refractivity contribution >= 4 is 33.9 Å². The van der Waals surface area contributed by atoms with Gasteiger partial charge in [-0.05, 0) is 30.7 Å². The third-order valence-corrected chi connectivity index (χ3v) is 4.00. The van der Waals surface area contributed by atoms with Crippen LogP contribution in [0, 0.1) is 10.1 Å². The molecule has 0 atom stereocenters. The van der Waals surface area contributed by atoms with Crippen molar-refractivity contribution in [1.82, 2.24) is 10.4 Å². The number of hydrogen-bond acceptors (Lipinski definition) is 6. The Kier molecular flexibility index (Phi) is 5.07. The lowest BCUT2D eigenvalue weighted by molar-refractivity contribution is -0.383. The van der Waals surface area contributed by atoms with Gasteiger partial charge in [-0.3, -0.25) is 20.3 Å². The number of anilines is 1. The Morgan fingerprint density at radius 2 is 1.96 bits per heavy atom. The Hall–Kier alpha value is -4.14. The first-order valence-corrected chi connectivity index (χ1v) is 8.28. The van der Waals surface area contributed by atoms with Crippen LogP contribution >= 0.6 is 0 Å². The minimum atomic E-state index is -0.488. The summed E-state index contributed by atoms with van der Waals surface area (Å²) in [5, 5.41) is 18.5. The highest BCUT2D eigenvalue weighted by atomic mass is 16.6. The van der Waals surface area contributed by atoms with Crippen LogP contribution in [0.4, 0.5) is 11.4 Å². The Labute approximate surface area is 160 Å². The van der Waals surface area contributed by atoms with Crippen molar-refractivity contribution in [3.05, 3.63) is 82.3 Å². The minimum absolute atomic E-state index is 0.0792. The molecule has 142 valence electrons. The average molecular weight is 378 g/mol. The summed E-state index contributed by atoms with van der Waals surface area (Å²) in [6, 6.07) is 13.3. The van der Waals surface area contributed by atoms with Crippen LogP contribution in [0.1, 0.15) is 23.0 Å². The summed E-state index contributed by atoms with van der Waals surface area (Å²) in [7, 11) is 0. The second-order valence-corrected chi connectivity index (χ2v) is 6.05. The number of carbonyl (C=O) groups excluding carboxylic acids is 1. The fourth-order valence-corrected chi connectivity index (χ4v) is 2.63. The number of hydrazone groups is 1. The van der Waals surface area contributed by atoms with E-state index in [1.807, 2.05) is 0 Å². The number of H-pyrrole nitrogens is 1. The van der Waals surface area contributed by atoms with E-state index in [0.717, 1.165) is 5.56 Å². The Morgan fingerprint density at radius 1 is 1.25 bits per heavy atom. The van der Waals surface area contributed by atoms with Crippen LogP contribution in [0.3, 0.4) is 0 Å². The summed E-state index contributed by atoms with van der Waals surface area (Å²) in [4.78, 5) is 25.9. The average Bonchev–Trinajstić information content (AvgIpc) is 3.11. The number of hydrogen-bond donors (Lipinski definition) is 4. The fourth-order valence-electron chi connectivity index (χ4n) is 2.63. The molecule has 0 aliphatic carbocycles. The van der Waals surface area contributed by atoms with Gasteiger partial charge in [-0.15, -0.1) is 0 Å². The molecule has 9 nitrogen and oxygen atoms in total. The lowest BCUT2D eigenvalue weighted by Gasteiger charge is -2.06. The Balaban J connectivity index is 1.77. The molecule has 0 spiro atoms. The van der Waals surface area contributed by atoms with Crippen LogP contribution in [0.25, 0.3) is 10.9 Å². The molecule has 0 unspecified atom stereocenters. The van der Waals surface area contributed by atoms with E-state index in [0.29, 0.717) is 22.3 Å². The van der Waals surface area contributed by atoms with Gasteiger partial charge in [0.2, 0.25) is 0 Å². The van der Waals surface area contributed by atoms with E-state index < -0.39 is 10.8 Å². The first-order chi connectivity index (χ1) is 13.3. The number of nitrogens with two attached hydrogens (primary N) is 1. The number of benzene rings is 2. The molecule has 9 heteroatoms. The summed E-state index contributed by atoms with van der Waals surface area (Å²) in [5.41, 5.74) is 10.6. The van der Waals surface area contributed by atoms with E-state index in [2.05, 4.69) is 27.4 Å².